The number of hydrogen-bond donors (Lipinski definition) is 0. The smallest absolute Gasteiger partial charge is 0.192 e. The molecule has 1 aromatic rings. The van der Waals surface area contributed by atoms with Crippen LogP contribution in [0.5, 0.6) is 0 Å². The van der Waals surface area contributed by atoms with Crippen molar-refractivity contribution in [2.75, 3.05) is 13.2 Å². The lowest BCUT2D eigenvalue weighted by atomic mass is 9.74. The summed E-state index contributed by atoms with van der Waals surface area (Å²) in [5.74, 6) is 0.483. The van der Waals surface area contributed by atoms with Crippen LogP contribution in [0.25, 0.3) is 0 Å². The SMILES string of the molecule is CCOC1=C(C(C)C)P1(=Nc1c(C(C)(C)C)cc(C(C)(C)C)cc1C(C)(C)C)/C(=C(\Cl)OCC)C(C)C. The van der Waals surface area contributed by atoms with E-state index in [2.05, 4.69) is 109 Å². The van der Waals surface area contributed by atoms with Crippen molar-refractivity contribution in [2.24, 2.45) is 16.6 Å². The Kier molecular flexibility index (Phi) is 9.64. The summed E-state index contributed by atoms with van der Waals surface area (Å²) < 4.78 is 18.2. The first-order chi connectivity index (χ1) is 16.7. The molecule has 3 nitrogen and oxygen atoms in total. The van der Waals surface area contributed by atoms with E-state index in [1.54, 1.807) is 0 Å². The molecule has 1 atom stereocenters. The van der Waals surface area contributed by atoms with Crippen molar-refractivity contribution in [3.05, 3.63) is 50.2 Å². The fraction of sp³-hybridized carbons (Fsp3) is 0.688. The van der Waals surface area contributed by atoms with E-state index in [0.717, 1.165) is 16.5 Å². The highest BCUT2D eigenvalue weighted by atomic mass is 35.5. The lowest BCUT2D eigenvalue weighted by molar-refractivity contribution is 0.250. The van der Waals surface area contributed by atoms with Gasteiger partial charge in [0, 0.05) is 10.6 Å². The fourth-order valence-corrected chi connectivity index (χ4v) is 10.1. The van der Waals surface area contributed by atoms with E-state index < -0.39 is 7.05 Å². The van der Waals surface area contributed by atoms with Crippen LogP contribution in [-0.2, 0) is 25.7 Å². The Labute approximate surface area is 233 Å². The summed E-state index contributed by atoms with van der Waals surface area (Å²) in [6.07, 6.45) is 0. The van der Waals surface area contributed by atoms with Gasteiger partial charge in [-0.3, -0.25) is 4.74 Å². The molecule has 37 heavy (non-hydrogen) atoms. The summed E-state index contributed by atoms with van der Waals surface area (Å²) in [7, 11) is -2.35. The largest absolute Gasteiger partial charge is 0.491 e. The second-order valence-corrected chi connectivity index (χ2v) is 17.1. The quantitative estimate of drug-likeness (QED) is 0.238. The van der Waals surface area contributed by atoms with Gasteiger partial charge in [0.15, 0.2) is 5.22 Å². The topological polar surface area (TPSA) is 30.8 Å². The minimum atomic E-state index is -2.35. The van der Waals surface area contributed by atoms with Crippen LogP contribution in [0.2, 0.25) is 0 Å². The van der Waals surface area contributed by atoms with Crippen LogP contribution in [0.1, 0.15) is 121 Å². The first-order valence-electron chi connectivity index (χ1n) is 14.0. The molecule has 0 spiro atoms. The molecule has 1 heterocycles. The van der Waals surface area contributed by atoms with Crippen molar-refractivity contribution >= 4 is 24.3 Å². The third-order valence-corrected chi connectivity index (χ3v) is 11.4. The third kappa shape index (κ3) is 6.52. The Morgan fingerprint density at radius 2 is 1.32 bits per heavy atom. The molecule has 1 aromatic carbocycles. The molecule has 0 amide bonds. The van der Waals surface area contributed by atoms with E-state index in [0.29, 0.717) is 24.4 Å². The van der Waals surface area contributed by atoms with Crippen molar-refractivity contribution < 1.29 is 9.47 Å². The molecule has 210 valence electrons. The molecule has 2 rings (SSSR count). The Balaban J connectivity index is 3.21. The molecule has 0 radical (unpaired) electrons. The van der Waals surface area contributed by atoms with E-state index in [9.17, 15) is 0 Å². The van der Waals surface area contributed by atoms with Crippen molar-refractivity contribution in [2.45, 2.75) is 120 Å². The summed E-state index contributed by atoms with van der Waals surface area (Å²) in [6.45, 7) is 34.7. The average Bonchev–Trinajstić information content (AvgIpc) is 3.32. The zero-order valence-corrected chi connectivity index (χ0v) is 28.0. The first-order valence-corrected chi connectivity index (χ1v) is 16.1. The van der Waals surface area contributed by atoms with Gasteiger partial charge in [-0.1, -0.05) is 102 Å². The van der Waals surface area contributed by atoms with Gasteiger partial charge < -0.3 is 9.47 Å². The normalized spacial score (nSPS) is 19.4. The predicted molar refractivity (Wildman–Crippen MR) is 164 cm³/mol. The lowest BCUT2D eigenvalue weighted by Gasteiger charge is -2.33. The van der Waals surface area contributed by atoms with Gasteiger partial charge in [0.25, 0.3) is 0 Å². The Hall–Kier alpha value is -1.18. The van der Waals surface area contributed by atoms with Crippen LogP contribution in [0, 0.1) is 11.8 Å². The molecule has 1 aliphatic heterocycles. The van der Waals surface area contributed by atoms with Gasteiger partial charge in [-0.05, 0) is 70.2 Å². The average molecular weight is 550 g/mol. The maximum absolute atomic E-state index is 6.96. The van der Waals surface area contributed by atoms with Crippen molar-refractivity contribution in [3.63, 3.8) is 0 Å². The maximum Gasteiger partial charge on any atom is 0.192 e. The second-order valence-electron chi connectivity index (χ2n) is 13.9. The first kappa shape index (κ1) is 32.0. The van der Waals surface area contributed by atoms with Gasteiger partial charge in [-0.25, -0.2) is 0 Å². The predicted octanol–water partition coefficient (Wildman–Crippen LogP) is 11.4. The molecule has 0 saturated heterocycles. The van der Waals surface area contributed by atoms with Crippen molar-refractivity contribution in [3.8, 4) is 0 Å². The molecular weight excluding hydrogens is 497 g/mol. The molecule has 0 bridgehead atoms. The molecule has 1 unspecified atom stereocenters. The Morgan fingerprint density at radius 1 is 0.838 bits per heavy atom. The number of halogens is 1. The van der Waals surface area contributed by atoms with Crippen LogP contribution in [-0.4, -0.2) is 13.2 Å². The van der Waals surface area contributed by atoms with Gasteiger partial charge >= 0.3 is 0 Å². The van der Waals surface area contributed by atoms with Crippen LogP contribution in [0.15, 0.2) is 38.2 Å². The number of rotatable bonds is 8. The summed E-state index contributed by atoms with van der Waals surface area (Å²) >= 11 is 6.96. The van der Waals surface area contributed by atoms with Gasteiger partial charge in [0.05, 0.1) is 26.0 Å². The number of nitrogens with zero attached hydrogens (tertiary/aromatic N) is 1. The second kappa shape index (κ2) is 11.1. The van der Waals surface area contributed by atoms with E-state index in [1.165, 1.54) is 22.0 Å². The summed E-state index contributed by atoms with van der Waals surface area (Å²) in [4.78, 5) is 0. The molecule has 1 aliphatic rings. The Bertz CT molecular complexity index is 1080. The molecule has 0 fully saturated rings. The van der Waals surface area contributed by atoms with Crippen molar-refractivity contribution in [1.29, 1.82) is 0 Å². The number of ether oxygens (including phenoxy) is 2. The molecule has 0 aromatic heterocycles. The molecule has 0 saturated carbocycles. The number of hydrogen-bond acceptors (Lipinski definition) is 3. The maximum atomic E-state index is 6.96. The van der Waals surface area contributed by atoms with Gasteiger partial charge in [-0.2, -0.15) is 0 Å². The minimum Gasteiger partial charge on any atom is -0.491 e. The number of allylic oxidation sites excluding steroid dienone is 2. The highest BCUT2D eigenvalue weighted by Crippen LogP contribution is 2.88. The van der Waals surface area contributed by atoms with Crippen LogP contribution in [0.4, 0.5) is 5.69 Å². The van der Waals surface area contributed by atoms with Gasteiger partial charge in [0.2, 0.25) is 0 Å². The monoisotopic (exact) mass is 549 g/mol. The van der Waals surface area contributed by atoms with Crippen LogP contribution in [0.3, 0.4) is 0 Å². The lowest BCUT2D eigenvalue weighted by Crippen LogP contribution is -2.21. The highest BCUT2D eigenvalue weighted by Gasteiger charge is 2.55. The van der Waals surface area contributed by atoms with Crippen LogP contribution < -0.4 is 0 Å². The van der Waals surface area contributed by atoms with Crippen molar-refractivity contribution in [1.82, 2.24) is 0 Å². The van der Waals surface area contributed by atoms with Gasteiger partial charge in [0.1, 0.15) is 5.50 Å². The minimum absolute atomic E-state index is 0.0318. The standard InChI is InChI=1S/C32H53ClNO2P/c1-16-35-28(33)26(20(3)4)37(27(21(5)6)29(37)36-17-2)34-25-23(31(10,11)12)18-22(30(7,8)9)19-24(25)32(13,14)15/h18-21H,16-17H2,1-15H3/b28-26+. The third-order valence-electron chi connectivity index (χ3n) is 6.85. The zero-order valence-electron chi connectivity index (χ0n) is 26.3. The number of benzene rings is 1. The van der Waals surface area contributed by atoms with E-state index >= 15 is 0 Å². The molecule has 0 N–H and O–H groups in total. The fourth-order valence-electron chi connectivity index (χ4n) is 4.95. The molecular formula is C32H53ClNO2P. The molecule has 5 heteroatoms. The summed E-state index contributed by atoms with van der Waals surface area (Å²) in [6, 6.07) is 4.79. The molecule has 0 aliphatic carbocycles. The zero-order chi connectivity index (χ0) is 28.7. The van der Waals surface area contributed by atoms with E-state index in [1.807, 2.05) is 6.92 Å². The summed E-state index contributed by atoms with van der Waals surface area (Å²) in [5, 5.41) is 2.90. The van der Waals surface area contributed by atoms with E-state index in [-0.39, 0.29) is 22.2 Å². The summed E-state index contributed by atoms with van der Waals surface area (Å²) in [5.41, 5.74) is 5.92. The van der Waals surface area contributed by atoms with E-state index in [4.69, 9.17) is 25.8 Å². The van der Waals surface area contributed by atoms with Gasteiger partial charge in [-0.15, -0.1) is 0 Å². The highest BCUT2D eigenvalue weighted by molar-refractivity contribution is 7.85. The Morgan fingerprint density at radius 3 is 1.65 bits per heavy atom. The van der Waals surface area contributed by atoms with Crippen LogP contribution >= 0.6 is 18.7 Å².